The molecule has 0 saturated heterocycles. The average molecular weight is 286 g/mol. The first-order valence-electron chi connectivity index (χ1n) is 4.90. The van der Waals surface area contributed by atoms with Crippen LogP contribution in [0.2, 0.25) is 0 Å². The van der Waals surface area contributed by atoms with Crippen LogP contribution in [0.15, 0.2) is 18.2 Å². The summed E-state index contributed by atoms with van der Waals surface area (Å²) in [5, 5.41) is 1.51. The van der Waals surface area contributed by atoms with Gasteiger partial charge in [0, 0.05) is 5.69 Å². The van der Waals surface area contributed by atoms with E-state index in [2.05, 4.69) is 4.98 Å². The number of nitrogens with zero attached hydrogens (tertiary/aromatic N) is 1. The van der Waals surface area contributed by atoms with Crippen LogP contribution < -0.4 is 5.32 Å². The smallest absolute Gasteiger partial charge is 0.310 e. The number of aromatic nitrogens is 1. The number of hydrogen-bond donors (Lipinski definition) is 1. The summed E-state index contributed by atoms with van der Waals surface area (Å²) in [6.45, 7) is 1.47. The Kier molecular flexibility index (Phi) is 4.06. The van der Waals surface area contributed by atoms with E-state index in [4.69, 9.17) is 0 Å². The number of aryl methyl sites for hydroxylation is 1. The molecule has 1 N–H and O–H groups in total. The van der Waals surface area contributed by atoms with Gasteiger partial charge in [0.25, 0.3) is 0 Å². The molecular weight excluding hydrogens is 278 g/mol. The standard InChI is InChI=1S/C10H8F6N2O/c1-5-3-2-4-6(17-5)18-8(19)7(9(11,12)13)10(14,15)16/h2-4,7H,1H3,(H,17,18,19). The first kappa shape index (κ1) is 15.3. The van der Waals surface area contributed by atoms with Crippen LogP contribution in [0, 0.1) is 12.8 Å². The summed E-state index contributed by atoms with van der Waals surface area (Å²) in [7, 11) is 0. The minimum Gasteiger partial charge on any atom is -0.310 e. The van der Waals surface area contributed by atoms with Crippen molar-refractivity contribution >= 4 is 11.7 Å². The van der Waals surface area contributed by atoms with Crippen LogP contribution in [0.25, 0.3) is 0 Å². The zero-order chi connectivity index (χ0) is 14.8. The molecule has 0 unspecified atom stereocenters. The van der Waals surface area contributed by atoms with Gasteiger partial charge in [-0.15, -0.1) is 0 Å². The maximum absolute atomic E-state index is 12.2. The number of halogens is 6. The fraction of sp³-hybridized carbons (Fsp3) is 0.400. The van der Waals surface area contributed by atoms with E-state index in [0.29, 0.717) is 5.69 Å². The van der Waals surface area contributed by atoms with Crippen molar-refractivity contribution < 1.29 is 31.1 Å². The highest BCUT2D eigenvalue weighted by atomic mass is 19.4. The topological polar surface area (TPSA) is 42.0 Å². The minimum atomic E-state index is -5.72. The molecule has 106 valence electrons. The van der Waals surface area contributed by atoms with E-state index in [1.165, 1.54) is 24.4 Å². The molecule has 1 rings (SSSR count). The molecule has 3 nitrogen and oxygen atoms in total. The first-order valence-corrected chi connectivity index (χ1v) is 4.90. The largest absolute Gasteiger partial charge is 0.409 e. The third-order valence-corrected chi connectivity index (χ3v) is 2.06. The van der Waals surface area contributed by atoms with E-state index in [1.54, 1.807) is 0 Å². The summed E-state index contributed by atoms with van der Waals surface area (Å²) in [5.74, 6) is -6.66. The molecule has 0 aliphatic carbocycles. The number of rotatable bonds is 2. The Morgan fingerprint density at radius 2 is 1.68 bits per heavy atom. The average Bonchev–Trinajstić information content (AvgIpc) is 2.11. The highest BCUT2D eigenvalue weighted by Gasteiger charge is 2.61. The van der Waals surface area contributed by atoms with Crippen LogP contribution in [0.5, 0.6) is 0 Å². The molecule has 0 aliphatic rings. The molecular formula is C10H8F6N2O. The molecule has 1 aromatic rings. The lowest BCUT2D eigenvalue weighted by molar-refractivity contribution is -0.272. The molecule has 0 atom stereocenters. The zero-order valence-electron chi connectivity index (χ0n) is 9.43. The molecule has 1 aromatic heterocycles. The summed E-state index contributed by atoms with van der Waals surface area (Å²) < 4.78 is 73.5. The second-order valence-electron chi connectivity index (χ2n) is 3.67. The van der Waals surface area contributed by atoms with Crippen molar-refractivity contribution in [1.29, 1.82) is 0 Å². The maximum Gasteiger partial charge on any atom is 0.409 e. The Morgan fingerprint density at radius 3 is 2.11 bits per heavy atom. The van der Waals surface area contributed by atoms with Gasteiger partial charge in [-0.2, -0.15) is 26.3 Å². The second kappa shape index (κ2) is 5.06. The molecule has 0 aliphatic heterocycles. The second-order valence-corrected chi connectivity index (χ2v) is 3.67. The van der Waals surface area contributed by atoms with Crippen molar-refractivity contribution in [2.75, 3.05) is 5.32 Å². The van der Waals surface area contributed by atoms with Crippen molar-refractivity contribution in [2.45, 2.75) is 19.3 Å². The lowest BCUT2D eigenvalue weighted by Gasteiger charge is -2.21. The normalized spacial score (nSPS) is 12.6. The van der Waals surface area contributed by atoms with E-state index in [-0.39, 0.29) is 5.82 Å². The van der Waals surface area contributed by atoms with Gasteiger partial charge >= 0.3 is 12.4 Å². The Morgan fingerprint density at radius 1 is 1.16 bits per heavy atom. The molecule has 1 amide bonds. The van der Waals surface area contributed by atoms with Crippen LogP contribution >= 0.6 is 0 Å². The van der Waals surface area contributed by atoms with E-state index < -0.39 is 24.2 Å². The molecule has 9 heteroatoms. The summed E-state index contributed by atoms with van der Waals surface area (Å²) in [5.41, 5.74) is 0.341. The third kappa shape index (κ3) is 4.11. The van der Waals surface area contributed by atoms with Gasteiger partial charge in [0.2, 0.25) is 11.8 Å². The lowest BCUT2D eigenvalue weighted by atomic mass is 10.1. The molecule has 0 bridgehead atoms. The molecule has 0 saturated carbocycles. The number of anilines is 1. The lowest BCUT2D eigenvalue weighted by Crippen LogP contribution is -2.45. The van der Waals surface area contributed by atoms with Gasteiger partial charge < -0.3 is 5.32 Å². The van der Waals surface area contributed by atoms with Gasteiger partial charge in [-0.3, -0.25) is 4.79 Å². The summed E-state index contributed by atoms with van der Waals surface area (Å²) >= 11 is 0. The van der Waals surface area contributed by atoms with Gasteiger partial charge in [0.1, 0.15) is 5.82 Å². The van der Waals surface area contributed by atoms with Gasteiger partial charge in [0.05, 0.1) is 0 Å². The number of hydrogen-bond acceptors (Lipinski definition) is 2. The number of pyridine rings is 1. The molecule has 0 fully saturated rings. The number of amides is 1. The predicted molar refractivity (Wildman–Crippen MR) is 53.2 cm³/mol. The monoisotopic (exact) mass is 286 g/mol. The van der Waals surface area contributed by atoms with Gasteiger partial charge in [-0.25, -0.2) is 4.98 Å². The van der Waals surface area contributed by atoms with Crippen LogP contribution in [0.4, 0.5) is 32.2 Å². The van der Waals surface area contributed by atoms with Crippen LogP contribution in [-0.2, 0) is 4.79 Å². The summed E-state index contributed by atoms with van der Waals surface area (Å²) in [6.07, 6.45) is -11.4. The maximum atomic E-state index is 12.2. The number of nitrogens with one attached hydrogen (secondary N) is 1. The van der Waals surface area contributed by atoms with Gasteiger partial charge in [-0.1, -0.05) is 6.07 Å². The van der Waals surface area contributed by atoms with Crippen LogP contribution in [0.3, 0.4) is 0 Å². The Labute approximate surface area is 103 Å². The van der Waals surface area contributed by atoms with Gasteiger partial charge in [-0.05, 0) is 19.1 Å². The van der Waals surface area contributed by atoms with Crippen molar-refractivity contribution in [2.24, 2.45) is 5.92 Å². The molecule has 0 aromatic carbocycles. The zero-order valence-corrected chi connectivity index (χ0v) is 9.43. The van der Waals surface area contributed by atoms with E-state index >= 15 is 0 Å². The highest BCUT2D eigenvalue weighted by molar-refractivity contribution is 5.92. The molecule has 19 heavy (non-hydrogen) atoms. The third-order valence-electron chi connectivity index (χ3n) is 2.06. The first-order chi connectivity index (χ1) is 8.51. The van der Waals surface area contributed by atoms with Gasteiger partial charge in [0.15, 0.2) is 0 Å². The number of carbonyl (C=O) groups excluding carboxylic acids is 1. The van der Waals surface area contributed by atoms with Crippen molar-refractivity contribution in [3.63, 3.8) is 0 Å². The van der Waals surface area contributed by atoms with Crippen LogP contribution in [0.1, 0.15) is 5.69 Å². The minimum absolute atomic E-state index is 0.341. The Balaban J connectivity index is 2.97. The van der Waals surface area contributed by atoms with E-state index in [1.807, 2.05) is 0 Å². The quantitative estimate of drug-likeness (QED) is 0.849. The van der Waals surface area contributed by atoms with Crippen molar-refractivity contribution in [1.82, 2.24) is 4.98 Å². The summed E-state index contributed by atoms with van der Waals surface area (Å²) in [4.78, 5) is 14.7. The molecule has 1 heterocycles. The Bertz CT molecular complexity index is 454. The van der Waals surface area contributed by atoms with Crippen molar-refractivity contribution in [3.8, 4) is 0 Å². The van der Waals surface area contributed by atoms with E-state index in [0.717, 1.165) is 6.07 Å². The highest BCUT2D eigenvalue weighted by Crippen LogP contribution is 2.39. The van der Waals surface area contributed by atoms with Crippen molar-refractivity contribution in [3.05, 3.63) is 23.9 Å². The Hall–Kier alpha value is -1.80. The number of alkyl halides is 6. The fourth-order valence-electron chi connectivity index (χ4n) is 1.29. The SMILES string of the molecule is Cc1cccc(NC(=O)C(C(F)(F)F)C(F)(F)F)n1. The summed E-state index contributed by atoms with van der Waals surface area (Å²) in [6, 6.07) is 3.91. The fourth-order valence-corrected chi connectivity index (χ4v) is 1.29. The predicted octanol–water partition coefficient (Wildman–Crippen LogP) is 3.07. The molecule has 0 spiro atoms. The van der Waals surface area contributed by atoms with Crippen LogP contribution in [-0.4, -0.2) is 23.2 Å². The number of carbonyl (C=O) groups is 1. The molecule has 0 radical (unpaired) electrons. The van der Waals surface area contributed by atoms with E-state index in [9.17, 15) is 31.1 Å².